The molecule has 0 spiro atoms. The molecule has 4 aromatic rings. The molecule has 0 fully saturated rings. The predicted molar refractivity (Wildman–Crippen MR) is 117 cm³/mol. The van der Waals surface area contributed by atoms with Crippen LogP contribution in [0.5, 0.6) is 5.75 Å². The largest absolute Gasteiger partial charge is 0.497 e. The lowest BCUT2D eigenvalue weighted by atomic mass is 10.2. The number of aryl methyl sites for hydroxylation is 1. The summed E-state index contributed by atoms with van der Waals surface area (Å²) in [6.07, 6.45) is 0. The zero-order valence-corrected chi connectivity index (χ0v) is 18.2. The Kier molecular flexibility index (Phi) is 5.37. The van der Waals surface area contributed by atoms with Gasteiger partial charge in [0.25, 0.3) is 5.91 Å². The van der Waals surface area contributed by atoms with Gasteiger partial charge in [0.2, 0.25) is 0 Å². The number of ether oxygens (including phenoxy) is 1. The molecule has 30 heavy (non-hydrogen) atoms. The van der Waals surface area contributed by atoms with Crippen molar-refractivity contribution in [3.63, 3.8) is 0 Å². The molecule has 0 saturated carbocycles. The van der Waals surface area contributed by atoms with Gasteiger partial charge >= 0.3 is 0 Å². The molecule has 152 valence electrons. The second-order valence-corrected chi connectivity index (χ2v) is 7.57. The first-order chi connectivity index (χ1) is 14.5. The minimum atomic E-state index is -0.363. The molecule has 0 aliphatic heterocycles. The van der Waals surface area contributed by atoms with Crippen LogP contribution in [0.2, 0.25) is 0 Å². The maximum Gasteiger partial charge on any atom is 0.279 e. The third-order valence-electron chi connectivity index (χ3n) is 4.53. The van der Waals surface area contributed by atoms with Crippen LogP contribution >= 0.6 is 15.9 Å². The van der Waals surface area contributed by atoms with E-state index in [2.05, 4.69) is 36.7 Å². The average molecular weight is 467 g/mol. The second-order valence-electron chi connectivity index (χ2n) is 6.65. The van der Waals surface area contributed by atoms with Crippen LogP contribution < -0.4 is 10.1 Å². The Morgan fingerprint density at radius 2 is 1.77 bits per heavy atom. The molecule has 0 radical (unpaired) electrons. The number of aromatic nitrogens is 5. The van der Waals surface area contributed by atoms with Gasteiger partial charge in [-0.1, -0.05) is 33.3 Å². The standard InChI is InChI=1S/C21H19BrN6O2/c1-13-10-19(28(25-13)16-7-4-6-15(22)11-16)23-21(29)20-14(2)27(26-24-20)17-8-5-9-18(12-17)30-3/h4-12H,1-3H3,(H,23,29). The van der Waals surface area contributed by atoms with Crippen molar-refractivity contribution in [2.75, 3.05) is 12.4 Å². The van der Waals surface area contributed by atoms with Gasteiger partial charge in [-0.2, -0.15) is 5.10 Å². The van der Waals surface area contributed by atoms with Crippen LogP contribution in [-0.2, 0) is 0 Å². The Hall–Kier alpha value is -3.46. The van der Waals surface area contributed by atoms with Crippen molar-refractivity contribution in [2.24, 2.45) is 0 Å². The Bertz CT molecular complexity index is 1230. The fourth-order valence-electron chi connectivity index (χ4n) is 3.10. The van der Waals surface area contributed by atoms with Crippen molar-refractivity contribution in [2.45, 2.75) is 13.8 Å². The summed E-state index contributed by atoms with van der Waals surface area (Å²) in [5.41, 5.74) is 3.21. The van der Waals surface area contributed by atoms with Gasteiger partial charge < -0.3 is 10.1 Å². The van der Waals surface area contributed by atoms with Crippen LogP contribution in [0.1, 0.15) is 21.9 Å². The van der Waals surface area contributed by atoms with E-state index in [1.165, 1.54) is 0 Å². The highest BCUT2D eigenvalue weighted by atomic mass is 79.9. The van der Waals surface area contributed by atoms with Gasteiger partial charge in [0, 0.05) is 16.6 Å². The third-order valence-corrected chi connectivity index (χ3v) is 5.03. The molecule has 2 heterocycles. The number of halogens is 1. The van der Waals surface area contributed by atoms with Crippen molar-refractivity contribution in [1.29, 1.82) is 0 Å². The van der Waals surface area contributed by atoms with E-state index in [0.717, 1.165) is 21.5 Å². The Balaban J connectivity index is 1.64. The van der Waals surface area contributed by atoms with E-state index in [1.54, 1.807) is 29.5 Å². The lowest BCUT2D eigenvalue weighted by Crippen LogP contribution is -2.17. The quantitative estimate of drug-likeness (QED) is 0.478. The lowest BCUT2D eigenvalue weighted by Gasteiger charge is -2.09. The minimum Gasteiger partial charge on any atom is -0.497 e. The van der Waals surface area contributed by atoms with Crippen molar-refractivity contribution in [1.82, 2.24) is 24.8 Å². The van der Waals surface area contributed by atoms with Gasteiger partial charge in [-0.3, -0.25) is 4.79 Å². The van der Waals surface area contributed by atoms with Gasteiger partial charge in [0.05, 0.1) is 29.9 Å². The molecule has 0 atom stereocenters. The number of benzene rings is 2. The van der Waals surface area contributed by atoms with E-state index in [4.69, 9.17) is 4.74 Å². The number of hydrogen-bond donors (Lipinski definition) is 1. The van der Waals surface area contributed by atoms with Crippen molar-refractivity contribution >= 4 is 27.7 Å². The van der Waals surface area contributed by atoms with Crippen LogP contribution in [0.4, 0.5) is 5.82 Å². The van der Waals surface area contributed by atoms with Crippen molar-refractivity contribution < 1.29 is 9.53 Å². The summed E-state index contributed by atoms with van der Waals surface area (Å²) in [7, 11) is 1.60. The highest BCUT2D eigenvalue weighted by Gasteiger charge is 2.20. The Labute approximate surface area is 181 Å². The van der Waals surface area contributed by atoms with E-state index in [0.29, 0.717) is 17.3 Å². The fourth-order valence-corrected chi connectivity index (χ4v) is 3.48. The summed E-state index contributed by atoms with van der Waals surface area (Å²) < 4.78 is 9.47. The SMILES string of the molecule is COc1cccc(-n2nnc(C(=O)Nc3cc(C)nn3-c3cccc(Br)c3)c2C)c1. The van der Waals surface area contributed by atoms with Crippen molar-refractivity contribution in [3.8, 4) is 17.1 Å². The number of hydrogen-bond acceptors (Lipinski definition) is 5. The van der Waals surface area contributed by atoms with Gasteiger partial charge in [-0.25, -0.2) is 9.36 Å². The van der Waals surface area contributed by atoms with E-state index in [1.807, 2.05) is 55.5 Å². The average Bonchev–Trinajstić information content (AvgIpc) is 3.30. The Morgan fingerprint density at radius 3 is 2.50 bits per heavy atom. The third kappa shape index (κ3) is 3.84. The molecule has 2 aromatic heterocycles. The van der Waals surface area contributed by atoms with E-state index >= 15 is 0 Å². The Morgan fingerprint density at radius 1 is 1.03 bits per heavy atom. The first-order valence-electron chi connectivity index (χ1n) is 9.17. The van der Waals surface area contributed by atoms with Gasteiger partial charge in [-0.05, 0) is 44.2 Å². The number of anilines is 1. The molecule has 1 N–H and O–H groups in total. The smallest absolute Gasteiger partial charge is 0.279 e. The summed E-state index contributed by atoms with van der Waals surface area (Å²) in [4.78, 5) is 13.0. The minimum absolute atomic E-state index is 0.234. The second kappa shape index (κ2) is 8.11. The molecule has 0 unspecified atom stereocenters. The number of methoxy groups -OCH3 is 1. The normalized spacial score (nSPS) is 10.8. The first-order valence-corrected chi connectivity index (χ1v) is 9.96. The van der Waals surface area contributed by atoms with E-state index < -0.39 is 0 Å². The molecule has 0 aliphatic carbocycles. The number of amides is 1. The molecule has 1 amide bonds. The first kappa shape index (κ1) is 19.8. The maximum absolute atomic E-state index is 13.0. The van der Waals surface area contributed by atoms with Crippen LogP contribution in [0.15, 0.2) is 59.1 Å². The van der Waals surface area contributed by atoms with Crippen LogP contribution in [-0.4, -0.2) is 37.8 Å². The number of nitrogens with one attached hydrogen (secondary N) is 1. The van der Waals surface area contributed by atoms with Gasteiger partial charge in [0.15, 0.2) is 5.69 Å². The van der Waals surface area contributed by atoms with Crippen LogP contribution in [0.3, 0.4) is 0 Å². The van der Waals surface area contributed by atoms with Crippen LogP contribution in [0.25, 0.3) is 11.4 Å². The monoisotopic (exact) mass is 466 g/mol. The molecule has 2 aromatic carbocycles. The molecule has 8 nitrogen and oxygen atoms in total. The van der Waals surface area contributed by atoms with E-state index in [9.17, 15) is 4.79 Å². The van der Waals surface area contributed by atoms with Crippen molar-refractivity contribution in [3.05, 3.63) is 76.2 Å². The summed E-state index contributed by atoms with van der Waals surface area (Å²) in [6, 6.07) is 16.9. The molecule has 0 aliphatic rings. The molecule has 9 heteroatoms. The molecule has 0 saturated heterocycles. The molecule has 0 bridgehead atoms. The zero-order valence-electron chi connectivity index (χ0n) is 16.6. The maximum atomic E-state index is 13.0. The summed E-state index contributed by atoms with van der Waals surface area (Å²) >= 11 is 3.46. The number of carbonyl (C=O) groups excluding carboxylic acids is 1. The number of carbonyl (C=O) groups is 1. The lowest BCUT2D eigenvalue weighted by molar-refractivity contribution is 0.102. The molecular weight excluding hydrogens is 448 g/mol. The summed E-state index contributed by atoms with van der Waals surface area (Å²) in [6.45, 7) is 3.67. The topological polar surface area (TPSA) is 86.9 Å². The summed E-state index contributed by atoms with van der Waals surface area (Å²) in [5.74, 6) is 0.880. The zero-order chi connectivity index (χ0) is 21.3. The molecular formula is C21H19BrN6O2. The fraction of sp³-hybridized carbons (Fsp3) is 0.143. The van der Waals surface area contributed by atoms with Crippen LogP contribution in [0, 0.1) is 13.8 Å². The number of nitrogens with zero attached hydrogens (tertiary/aromatic N) is 5. The van der Waals surface area contributed by atoms with Gasteiger partial charge in [0.1, 0.15) is 11.6 Å². The predicted octanol–water partition coefficient (Wildman–Crippen LogP) is 4.09. The highest BCUT2D eigenvalue weighted by Crippen LogP contribution is 2.22. The summed E-state index contributed by atoms with van der Waals surface area (Å²) in [5, 5.41) is 15.6. The van der Waals surface area contributed by atoms with Gasteiger partial charge in [-0.15, -0.1) is 5.10 Å². The highest BCUT2D eigenvalue weighted by molar-refractivity contribution is 9.10. The number of rotatable bonds is 5. The van der Waals surface area contributed by atoms with E-state index in [-0.39, 0.29) is 11.6 Å². The molecule has 4 rings (SSSR count).